The van der Waals surface area contributed by atoms with Crippen molar-refractivity contribution >= 4 is 34.4 Å². The maximum absolute atomic E-state index is 13.8. The van der Waals surface area contributed by atoms with Gasteiger partial charge in [0.1, 0.15) is 5.75 Å². The minimum absolute atomic E-state index is 0.0168. The van der Waals surface area contributed by atoms with Crippen molar-refractivity contribution in [2.75, 3.05) is 57.5 Å². The van der Waals surface area contributed by atoms with Gasteiger partial charge in [-0.15, -0.1) is 0 Å². The van der Waals surface area contributed by atoms with Gasteiger partial charge in [0.25, 0.3) is 5.91 Å². The van der Waals surface area contributed by atoms with E-state index >= 15 is 0 Å². The Hall–Kier alpha value is -3.28. The van der Waals surface area contributed by atoms with E-state index < -0.39 is 5.41 Å². The number of pyridine rings is 1. The second-order valence-corrected chi connectivity index (χ2v) is 10.2. The number of hydrogen-bond donors (Lipinski definition) is 0. The molecule has 0 atom stereocenters. The van der Waals surface area contributed by atoms with Crippen LogP contribution in [0.1, 0.15) is 28.8 Å². The zero-order chi connectivity index (χ0) is 25.1. The molecule has 1 amide bonds. The molecule has 0 unspecified atom stereocenters. The summed E-state index contributed by atoms with van der Waals surface area (Å²) in [7, 11) is 1.65. The third-order valence-corrected chi connectivity index (χ3v) is 8.42. The predicted octanol–water partition coefficient (Wildman–Crippen LogP) is 4.34. The normalized spacial score (nSPS) is 18.1. The number of ether oxygens (including phenoxy) is 1. The number of aromatic nitrogens is 1. The van der Waals surface area contributed by atoms with E-state index in [1.54, 1.807) is 25.3 Å². The highest BCUT2D eigenvalue weighted by Gasteiger charge is 2.38. The summed E-state index contributed by atoms with van der Waals surface area (Å²) in [4.78, 5) is 22.7. The molecule has 3 aromatic rings. The quantitative estimate of drug-likeness (QED) is 0.482. The molecule has 2 aliphatic rings. The van der Waals surface area contributed by atoms with Gasteiger partial charge in [-0.3, -0.25) is 9.78 Å². The molecule has 0 bridgehead atoms. The lowest BCUT2D eigenvalue weighted by Crippen LogP contribution is -2.47. The number of anilines is 1. The molecule has 2 aromatic carbocycles. The Morgan fingerprint density at radius 2 is 1.78 bits per heavy atom. The number of methoxy groups -OCH3 is 1. The van der Waals surface area contributed by atoms with Crippen LogP contribution in [0, 0.1) is 11.3 Å². The van der Waals surface area contributed by atoms with Crippen molar-refractivity contribution in [1.82, 2.24) is 14.2 Å². The molecule has 2 saturated heterocycles. The van der Waals surface area contributed by atoms with Gasteiger partial charge in [-0.1, -0.05) is 42.3 Å². The topological polar surface area (TPSA) is 72.7 Å². The minimum atomic E-state index is -0.517. The molecular weight excluding hydrogens is 470 g/mol. The maximum Gasteiger partial charge on any atom is 0.257 e. The highest BCUT2D eigenvalue weighted by atomic mass is 32.2. The summed E-state index contributed by atoms with van der Waals surface area (Å²) in [5.74, 6) is 0.750. The van der Waals surface area contributed by atoms with Crippen LogP contribution in [0.4, 0.5) is 5.69 Å². The highest BCUT2D eigenvalue weighted by Crippen LogP contribution is 2.40. The molecule has 0 N–H and O–H groups in total. The first-order chi connectivity index (χ1) is 17.6. The number of carbonyl (C=O) groups is 1. The standard InChI is InChI=1S/C28H31N5O2S/c1-35-22-8-9-25-23(18-22)26(24(19-30-25)27(34)32-14-16-33(36-2)17-15-32)31-12-10-28(20-29,11-13-31)21-6-4-3-5-7-21/h3-9,18-19H,10-17H2,1-2H3. The fourth-order valence-electron chi connectivity index (χ4n) is 5.36. The van der Waals surface area contributed by atoms with Crippen molar-refractivity contribution < 1.29 is 9.53 Å². The lowest BCUT2D eigenvalue weighted by Gasteiger charge is -2.40. The summed E-state index contributed by atoms with van der Waals surface area (Å²) in [6, 6.07) is 18.5. The number of amides is 1. The fraction of sp³-hybridized carbons (Fsp3) is 0.393. The largest absolute Gasteiger partial charge is 0.497 e. The van der Waals surface area contributed by atoms with E-state index in [-0.39, 0.29) is 5.91 Å². The molecule has 0 spiro atoms. The highest BCUT2D eigenvalue weighted by molar-refractivity contribution is 7.96. The molecule has 8 heteroatoms. The Kier molecular flexibility index (Phi) is 7.04. The Bertz CT molecular complexity index is 1280. The van der Waals surface area contributed by atoms with Crippen LogP contribution in [0.25, 0.3) is 10.9 Å². The van der Waals surface area contributed by atoms with Gasteiger partial charge in [0, 0.05) is 50.9 Å². The Labute approximate surface area is 216 Å². The summed E-state index contributed by atoms with van der Waals surface area (Å²) in [5.41, 5.74) is 2.90. The molecule has 0 radical (unpaired) electrons. The molecule has 2 aliphatic heterocycles. The first-order valence-electron chi connectivity index (χ1n) is 12.4. The monoisotopic (exact) mass is 501 g/mol. The van der Waals surface area contributed by atoms with E-state index in [9.17, 15) is 10.1 Å². The third-order valence-electron chi connectivity index (χ3n) is 7.53. The van der Waals surface area contributed by atoms with Crippen molar-refractivity contribution in [3.63, 3.8) is 0 Å². The number of piperazine rings is 1. The van der Waals surface area contributed by atoms with Gasteiger partial charge in [0.15, 0.2) is 0 Å². The molecule has 186 valence electrons. The van der Waals surface area contributed by atoms with Crippen LogP contribution in [0.2, 0.25) is 0 Å². The van der Waals surface area contributed by atoms with Crippen LogP contribution in [-0.2, 0) is 5.41 Å². The van der Waals surface area contributed by atoms with E-state index in [1.807, 2.05) is 41.3 Å². The van der Waals surface area contributed by atoms with Crippen LogP contribution in [0.5, 0.6) is 5.75 Å². The first kappa shape index (κ1) is 24.4. The molecule has 0 saturated carbocycles. The average molecular weight is 502 g/mol. The van der Waals surface area contributed by atoms with Crippen LogP contribution in [0.3, 0.4) is 0 Å². The summed E-state index contributed by atoms with van der Waals surface area (Å²) in [6.07, 6.45) is 5.20. The van der Waals surface area contributed by atoms with Gasteiger partial charge < -0.3 is 14.5 Å². The van der Waals surface area contributed by atoms with Gasteiger partial charge in [-0.25, -0.2) is 4.31 Å². The Morgan fingerprint density at radius 3 is 2.42 bits per heavy atom. The summed E-state index contributed by atoms with van der Waals surface area (Å²) >= 11 is 1.72. The predicted molar refractivity (Wildman–Crippen MR) is 144 cm³/mol. The number of rotatable bonds is 5. The van der Waals surface area contributed by atoms with E-state index in [0.717, 1.165) is 41.0 Å². The molecule has 0 aliphatic carbocycles. The van der Waals surface area contributed by atoms with E-state index in [2.05, 4.69) is 38.6 Å². The molecule has 36 heavy (non-hydrogen) atoms. The number of carbonyl (C=O) groups excluding carboxylic acids is 1. The lowest BCUT2D eigenvalue weighted by atomic mass is 9.74. The van der Waals surface area contributed by atoms with Crippen molar-refractivity contribution in [3.8, 4) is 11.8 Å². The van der Waals surface area contributed by atoms with Gasteiger partial charge in [0.05, 0.1) is 35.4 Å². The average Bonchev–Trinajstić information content (AvgIpc) is 2.96. The summed E-state index contributed by atoms with van der Waals surface area (Å²) < 4.78 is 7.80. The molecule has 5 rings (SSSR count). The number of nitriles is 1. The van der Waals surface area contributed by atoms with E-state index in [4.69, 9.17) is 4.74 Å². The summed E-state index contributed by atoms with van der Waals surface area (Å²) in [5, 5.41) is 11.1. The number of hydrogen-bond acceptors (Lipinski definition) is 7. The maximum atomic E-state index is 13.8. The van der Waals surface area contributed by atoms with Crippen LogP contribution in [-0.4, -0.2) is 72.7 Å². The number of fused-ring (bicyclic) bond motifs is 1. The number of nitrogens with zero attached hydrogens (tertiary/aromatic N) is 5. The zero-order valence-corrected chi connectivity index (χ0v) is 21.6. The molecule has 1 aromatic heterocycles. The SMILES string of the molecule is COc1ccc2ncc(C(=O)N3CCN(SC)CC3)c(N3CCC(C#N)(c4ccccc4)CC3)c2c1. The van der Waals surface area contributed by atoms with Crippen molar-refractivity contribution in [3.05, 3.63) is 65.9 Å². The Balaban J connectivity index is 1.51. The molecular formula is C28H31N5O2S. The second kappa shape index (κ2) is 10.4. The third kappa shape index (κ3) is 4.49. The van der Waals surface area contributed by atoms with E-state index in [0.29, 0.717) is 44.6 Å². The van der Waals surface area contributed by atoms with Gasteiger partial charge in [-0.05, 0) is 42.9 Å². The Morgan fingerprint density at radius 1 is 1.06 bits per heavy atom. The van der Waals surface area contributed by atoms with Crippen LogP contribution < -0.4 is 9.64 Å². The fourth-order valence-corrected chi connectivity index (χ4v) is 5.89. The molecule has 7 nitrogen and oxygen atoms in total. The van der Waals surface area contributed by atoms with Crippen LogP contribution in [0.15, 0.2) is 54.7 Å². The van der Waals surface area contributed by atoms with E-state index in [1.165, 1.54) is 0 Å². The van der Waals surface area contributed by atoms with Gasteiger partial charge in [-0.2, -0.15) is 5.26 Å². The van der Waals surface area contributed by atoms with Crippen molar-refractivity contribution in [2.24, 2.45) is 0 Å². The second-order valence-electron chi connectivity index (χ2n) is 9.35. The van der Waals surface area contributed by atoms with Gasteiger partial charge in [0.2, 0.25) is 0 Å². The van der Waals surface area contributed by atoms with Crippen molar-refractivity contribution in [2.45, 2.75) is 18.3 Å². The number of piperidine rings is 1. The first-order valence-corrected chi connectivity index (χ1v) is 13.5. The molecule has 3 heterocycles. The lowest BCUT2D eigenvalue weighted by molar-refractivity contribution is 0.0704. The molecule has 2 fully saturated rings. The summed E-state index contributed by atoms with van der Waals surface area (Å²) in [6.45, 7) is 4.45. The van der Waals surface area contributed by atoms with Crippen LogP contribution >= 0.6 is 11.9 Å². The zero-order valence-electron chi connectivity index (χ0n) is 20.8. The van der Waals surface area contributed by atoms with Gasteiger partial charge >= 0.3 is 0 Å². The smallest absolute Gasteiger partial charge is 0.257 e. The minimum Gasteiger partial charge on any atom is -0.497 e. The van der Waals surface area contributed by atoms with Crippen molar-refractivity contribution in [1.29, 1.82) is 5.26 Å². The number of benzene rings is 2.